The fraction of sp³-hybridized carbons (Fsp3) is 0.545. The van der Waals surface area contributed by atoms with E-state index in [1.807, 2.05) is 36.4 Å². The molecule has 2 amide bonds. The van der Waals surface area contributed by atoms with Crippen LogP contribution in [0.3, 0.4) is 0 Å². The molecule has 2 aliphatic rings. The smallest absolute Gasteiger partial charge is 0.227 e. The molecule has 2 aliphatic heterocycles. The van der Waals surface area contributed by atoms with Gasteiger partial charge in [-0.25, -0.2) is 0 Å². The van der Waals surface area contributed by atoms with Crippen molar-refractivity contribution < 1.29 is 19.4 Å². The number of piperidine rings is 1. The van der Waals surface area contributed by atoms with Gasteiger partial charge in [0.1, 0.15) is 6.10 Å². The van der Waals surface area contributed by atoms with Crippen LogP contribution in [-0.2, 0) is 14.3 Å². The first-order valence-corrected chi connectivity index (χ1v) is 10.5. The Morgan fingerprint density at radius 3 is 2.55 bits per heavy atom. The highest BCUT2D eigenvalue weighted by molar-refractivity contribution is 5.91. The molecule has 1 fully saturated rings. The molecule has 0 aromatic heterocycles. The van der Waals surface area contributed by atoms with Gasteiger partial charge in [-0.1, -0.05) is 36.8 Å². The highest BCUT2D eigenvalue weighted by Gasteiger charge is 2.29. The second-order valence-electron chi connectivity index (χ2n) is 7.64. The summed E-state index contributed by atoms with van der Waals surface area (Å²) in [6.45, 7) is 2.66. The number of nitrogens with zero attached hydrogens (tertiary/aromatic N) is 1. The van der Waals surface area contributed by atoms with Crippen LogP contribution < -0.4 is 10.6 Å². The largest absolute Gasteiger partial charge is 0.394 e. The number of ether oxygens (including phenoxy) is 1. The number of hydrogen-bond acceptors (Lipinski definition) is 5. The highest BCUT2D eigenvalue weighted by atomic mass is 16.5. The van der Waals surface area contributed by atoms with Gasteiger partial charge < -0.3 is 25.4 Å². The summed E-state index contributed by atoms with van der Waals surface area (Å²) in [7, 11) is 0. The zero-order chi connectivity index (χ0) is 20.5. The minimum absolute atomic E-state index is 0.0486. The number of aliphatic hydroxyl groups excluding tert-OH is 1. The molecule has 1 aromatic rings. The normalized spacial score (nSPS) is 24.8. The molecule has 2 heterocycles. The maximum absolute atomic E-state index is 12.3. The van der Waals surface area contributed by atoms with Crippen molar-refractivity contribution in [1.82, 2.24) is 10.2 Å². The van der Waals surface area contributed by atoms with E-state index in [0.717, 1.165) is 25.3 Å². The van der Waals surface area contributed by atoms with E-state index in [9.17, 15) is 14.7 Å². The molecule has 1 aromatic carbocycles. The first-order valence-electron chi connectivity index (χ1n) is 10.5. The number of para-hydroxylation sites is 1. The SMILES string of the molecule is O=C(C[C@@H]1C=C[C@H](NC(=O)CCN2CCCCC2)[C@H](CO)O1)Nc1ccccc1. The van der Waals surface area contributed by atoms with E-state index in [1.165, 1.54) is 19.3 Å². The Bertz CT molecular complexity index is 689. The molecule has 0 aliphatic carbocycles. The van der Waals surface area contributed by atoms with Crippen LogP contribution >= 0.6 is 0 Å². The Hall–Kier alpha value is -2.22. The zero-order valence-corrected chi connectivity index (χ0v) is 16.8. The summed E-state index contributed by atoms with van der Waals surface area (Å²) in [5.41, 5.74) is 0.731. The lowest BCUT2D eigenvalue weighted by atomic mass is 10.0. The van der Waals surface area contributed by atoms with E-state index in [4.69, 9.17) is 4.74 Å². The van der Waals surface area contributed by atoms with Crippen molar-refractivity contribution in [1.29, 1.82) is 0 Å². The molecule has 3 rings (SSSR count). The van der Waals surface area contributed by atoms with E-state index in [2.05, 4.69) is 15.5 Å². The lowest BCUT2D eigenvalue weighted by molar-refractivity contribution is -0.126. The zero-order valence-electron chi connectivity index (χ0n) is 16.8. The van der Waals surface area contributed by atoms with Crippen molar-refractivity contribution in [2.24, 2.45) is 0 Å². The van der Waals surface area contributed by atoms with Gasteiger partial charge in [0.05, 0.1) is 25.2 Å². The Kier molecular flexibility index (Phi) is 8.22. The quantitative estimate of drug-likeness (QED) is 0.577. The highest BCUT2D eigenvalue weighted by Crippen LogP contribution is 2.17. The van der Waals surface area contributed by atoms with Crippen molar-refractivity contribution in [3.63, 3.8) is 0 Å². The first kappa shape index (κ1) is 21.5. The number of hydrogen-bond donors (Lipinski definition) is 3. The van der Waals surface area contributed by atoms with Gasteiger partial charge in [-0.3, -0.25) is 9.59 Å². The predicted molar refractivity (Wildman–Crippen MR) is 111 cm³/mol. The maximum atomic E-state index is 12.3. The first-order chi connectivity index (χ1) is 14.1. The van der Waals surface area contributed by atoms with Crippen LogP contribution in [0.2, 0.25) is 0 Å². The van der Waals surface area contributed by atoms with Crippen LogP contribution in [0.15, 0.2) is 42.5 Å². The number of aliphatic hydroxyl groups is 1. The number of nitrogens with one attached hydrogen (secondary N) is 2. The second-order valence-corrected chi connectivity index (χ2v) is 7.64. The number of benzene rings is 1. The molecule has 1 saturated heterocycles. The second kappa shape index (κ2) is 11.1. The molecule has 29 heavy (non-hydrogen) atoms. The Morgan fingerprint density at radius 1 is 1.07 bits per heavy atom. The third-order valence-corrected chi connectivity index (χ3v) is 5.34. The molecule has 7 heteroatoms. The summed E-state index contributed by atoms with van der Waals surface area (Å²) in [4.78, 5) is 26.8. The van der Waals surface area contributed by atoms with Crippen LogP contribution in [0.5, 0.6) is 0 Å². The molecule has 158 valence electrons. The van der Waals surface area contributed by atoms with Crippen LogP contribution in [0.4, 0.5) is 5.69 Å². The van der Waals surface area contributed by atoms with Crippen molar-refractivity contribution in [3.05, 3.63) is 42.5 Å². The fourth-order valence-corrected chi connectivity index (χ4v) is 3.75. The van der Waals surface area contributed by atoms with E-state index in [1.54, 1.807) is 6.08 Å². The molecule has 7 nitrogen and oxygen atoms in total. The van der Waals surface area contributed by atoms with Crippen LogP contribution in [0.1, 0.15) is 32.1 Å². The topological polar surface area (TPSA) is 90.9 Å². The van der Waals surface area contributed by atoms with E-state index in [0.29, 0.717) is 6.42 Å². The summed E-state index contributed by atoms with van der Waals surface area (Å²) < 4.78 is 5.83. The minimum Gasteiger partial charge on any atom is -0.394 e. The Labute approximate surface area is 172 Å². The molecule has 0 spiro atoms. The summed E-state index contributed by atoms with van der Waals surface area (Å²) in [5.74, 6) is -0.209. The third kappa shape index (κ3) is 6.96. The van der Waals surface area contributed by atoms with Gasteiger partial charge in [0.2, 0.25) is 11.8 Å². The molecule has 0 saturated carbocycles. The van der Waals surface area contributed by atoms with Crippen molar-refractivity contribution >= 4 is 17.5 Å². The van der Waals surface area contributed by atoms with Gasteiger partial charge in [0, 0.05) is 18.7 Å². The maximum Gasteiger partial charge on any atom is 0.227 e. The van der Waals surface area contributed by atoms with E-state index in [-0.39, 0.29) is 30.9 Å². The van der Waals surface area contributed by atoms with Gasteiger partial charge in [-0.15, -0.1) is 0 Å². The number of amides is 2. The molecule has 0 unspecified atom stereocenters. The van der Waals surface area contributed by atoms with Crippen molar-refractivity contribution in [3.8, 4) is 0 Å². The van der Waals surface area contributed by atoms with Crippen molar-refractivity contribution in [2.45, 2.75) is 50.4 Å². The predicted octanol–water partition coefficient (Wildman–Crippen LogP) is 1.69. The van der Waals surface area contributed by atoms with Gasteiger partial charge in [-0.2, -0.15) is 0 Å². The van der Waals surface area contributed by atoms with Crippen LogP contribution in [0, 0.1) is 0 Å². The molecule has 0 bridgehead atoms. The average Bonchev–Trinajstić information content (AvgIpc) is 2.74. The van der Waals surface area contributed by atoms with E-state index < -0.39 is 12.2 Å². The number of rotatable bonds is 8. The number of anilines is 1. The lowest BCUT2D eigenvalue weighted by Gasteiger charge is -2.32. The molecular weight excluding hydrogens is 370 g/mol. The monoisotopic (exact) mass is 401 g/mol. The average molecular weight is 402 g/mol. The lowest BCUT2D eigenvalue weighted by Crippen LogP contribution is -2.49. The number of carbonyl (C=O) groups is 2. The van der Waals surface area contributed by atoms with Gasteiger partial charge >= 0.3 is 0 Å². The summed E-state index contributed by atoms with van der Waals surface area (Å²) in [5, 5.41) is 15.4. The number of carbonyl (C=O) groups excluding carboxylic acids is 2. The Morgan fingerprint density at radius 2 is 1.83 bits per heavy atom. The molecule has 3 N–H and O–H groups in total. The minimum atomic E-state index is -0.562. The Balaban J connectivity index is 1.45. The van der Waals surface area contributed by atoms with Crippen molar-refractivity contribution in [2.75, 3.05) is 31.6 Å². The van der Waals surface area contributed by atoms with Crippen LogP contribution in [0.25, 0.3) is 0 Å². The van der Waals surface area contributed by atoms with E-state index >= 15 is 0 Å². The van der Waals surface area contributed by atoms with Gasteiger partial charge in [-0.05, 0) is 38.1 Å². The third-order valence-electron chi connectivity index (χ3n) is 5.34. The molecular formula is C22H31N3O4. The standard InChI is InChI=1S/C22H31N3O4/c26-16-20-19(24-21(27)11-14-25-12-5-2-6-13-25)10-9-18(29-20)15-22(28)23-17-7-3-1-4-8-17/h1,3-4,7-10,18-20,26H,2,5-6,11-16H2,(H,23,28)(H,24,27)/t18-,19-,20-/m0/s1. The summed E-state index contributed by atoms with van der Waals surface area (Å²) in [6.07, 6.45) is 6.87. The number of likely N-dealkylation sites (tertiary alicyclic amines) is 1. The summed E-state index contributed by atoms with van der Waals surface area (Å²) >= 11 is 0. The summed E-state index contributed by atoms with van der Waals surface area (Å²) in [6, 6.07) is 8.85. The molecule has 0 radical (unpaired) electrons. The van der Waals surface area contributed by atoms with Crippen LogP contribution in [-0.4, -0.2) is 66.3 Å². The van der Waals surface area contributed by atoms with Gasteiger partial charge in [0.15, 0.2) is 0 Å². The van der Waals surface area contributed by atoms with Gasteiger partial charge in [0.25, 0.3) is 0 Å². The fourth-order valence-electron chi connectivity index (χ4n) is 3.75. The molecule has 3 atom stereocenters.